The zero-order valence-corrected chi connectivity index (χ0v) is 13.2. The number of methoxy groups -OCH3 is 1. The van der Waals surface area contributed by atoms with Crippen LogP contribution in [-0.4, -0.2) is 13.1 Å². The van der Waals surface area contributed by atoms with Crippen LogP contribution in [0, 0.1) is 5.92 Å². The van der Waals surface area contributed by atoms with Gasteiger partial charge in [0.25, 0.3) is 0 Å². The van der Waals surface area contributed by atoms with Crippen LogP contribution in [-0.2, 0) is 22.4 Å². The van der Waals surface area contributed by atoms with E-state index in [9.17, 15) is 4.79 Å². The first-order chi connectivity index (χ1) is 10.7. The van der Waals surface area contributed by atoms with Gasteiger partial charge in [0, 0.05) is 16.4 Å². The van der Waals surface area contributed by atoms with Crippen molar-refractivity contribution in [3.8, 4) is 0 Å². The molecule has 0 saturated carbocycles. The van der Waals surface area contributed by atoms with Crippen LogP contribution >= 0.6 is 11.6 Å². The number of rotatable bonds is 3. The SMILES string of the molecule is COC(=O)C1CCc2ccc(Nc3cccc(Cl)c3)cc2C1. The van der Waals surface area contributed by atoms with Crippen molar-refractivity contribution in [3.63, 3.8) is 0 Å². The minimum atomic E-state index is -0.112. The summed E-state index contributed by atoms with van der Waals surface area (Å²) in [5.41, 5.74) is 4.49. The van der Waals surface area contributed by atoms with E-state index in [-0.39, 0.29) is 11.9 Å². The number of carbonyl (C=O) groups is 1. The summed E-state index contributed by atoms with van der Waals surface area (Å²) in [6.45, 7) is 0. The fourth-order valence-electron chi connectivity index (χ4n) is 2.94. The first-order valence-corrected chi connectivity index (χ1v) is 7.76. The van der Waals surface area contributed by atoms with E-state index in [0.29, 0.717) is 5.02 Å². The number of fused-ring (bicyclic) bond motifs is 1. The fourth-order valence-corrected chi connectivity index (χ4v) is 3.13. The molecule has 0 fully saturated rings. The smallest absolute Gasteiger partial charge is 0.309 e. The lowest BCUT2D eigenvalue weighted by molar-refractivity contribution is -0.145. The molecule has 3 rings (SSSR count). The number of nitrogens with one attached hydrogen (secondary N) is 1. The highest BCUT2D eigenvalue weighted by atomic mass is 35.5. The lowest BCUT2D eigenvalue weighted by Crippen LogP contribution is -2.23. The number of aryl methyl sites for hydroxylation is 1. The first-order valence-electron chi connectivity index (χ1n) is 7.38. The third kappa shape index (κ3) is 3.25. The highest BCUT2D eigenvalue weighted by molar-refractivity contribution is 6.30. The van der Waals surface area contributed by atoms with Crippen molar-refractivity contribution in [2.75, 3.05) is 12.4 Å². The molecule has 1 atom stereocenters. The van der Waals surface area contributed by atoms with Crippen molar-refractivity contribution in [2.45, 2.75) is 19.3 Å². The number of halogens is 1. The summed E-state index contributed by atoms with van der Waals surface area (Å²) < 4.78 is 4.87. The number of anilines is 2. The number of hydrogen-bond donors (Lipinski definition) is 1. The van der Waals surface area contributed by atoms with Crippen LogP contribution in [0.2, 0.25) is 5.02 Å². The molecule has 3 nitrogen and oxygen atoms in total. The number of ether oxygens (including phenoxy) is 1. The molecule has 114 valence electrons. The molecule has 0 amide bonds. The standard InChI is InChI=1S/C18H18ClNO2/c1-22-18(21)13-6-5-12-7-8-17(10-14(12)9-13)20-16-4-2-3-15(19)11-16/h2-4,7-8,10-11,13,20H,5-6,9H2,1H3. The average Bonchev–Trinajstić information content (AvgIpc) is 2.53. The van der Waals surface area contributed by atoms with Gasteiger partial charge in [-0.25, -0.2) is 0 Å². The predicted molar refractivity (Wildman–Crippen MR) is 88.7 cm³/mol. The summed E-state index contributed by atoms with van der Waals surface area (Å²) in [7, 11) is 1.45. The lowest BCUT2D eigenvalue weighted by Gasteiger charge is -2.23. The van der Waals surface area contributed by atoms with E-state index in [4.69, 9.17) is 16.3 Å². The maximum Gasteiger partial charge on any atom is 0.309 e. The van der Waals surface area contributed by atoms with E-state index < -0.39 is 0 Å². The van der Waals surface area contributed by atoms with Crippen LogP contribution in [0.5, 0.6) is 0 Å². The van der Waals surface area contributed by atoms with Crippen molar-refractivity contribution < 1.29 is 9.53 Å². The second kappa shape index (κ2) is 6.41. The van der Waals surface area contributed by atoms with Gasteiger partial charge in [-0.1, -0.05) is 23.7 Å². The molecule has 22 heavy (non-hydrogen) atoms. The van der Waals surface area contributed by atoms with Gasteiger partial charge in [0.1, 0.15) is 0 Å². The molecule has 0 bridgehead atoms. The molecule has 0 saturated heterocycles. The third-order valence-corrected chi connectivity index (χ3v) is 4.32. The Morgan fingerprint density at radius 1 is 1.18 bits per heavy atom. The minimum Gasteiger partial charge on any atom is -0.469 e. The first kappa shape index (κ1) is 14.9. The van der Waals surface area contributed by atoms with Crippen molar-refractivity contribution in [1.29, 1.82) is 0 Å². The lowest BCUT2D eigenvalue weighted by atomic mass is 9.83. The van der Waals surface area contributed by atoms with Crippen molar-refractivity contribution in [3.05, 3.63) is 58.6 Å². The van der Waals surface area contributed by atoms with Crippen LogP contribution in [0.4, 0.5) is 11.4 Å². The zero-order valence-electron chi connectivity index (χ0n) is 12.4. The van der Waals surface area contributed by atoms with Gasteiger partial charge < -0.3 is 10.1 Å². The van der Waals surface area contributed by atoms with Gasteiger partial charge in [0.15, 0.2) is 0 Å². The highest BCUT2D eigenvalue weighted by Crippen LogP contribution is 2.30. The summed E-state index contributed by atoms with van der Waals surface area (Å²) >= 11 is 6.00. The molecular formula is C18H18ClNO2. The number of hydrogen-bond acceptors (Lipinski definition) is 3. The summed E-state index contributed by atoms with van der Waals surface area (Å²) in [4.78, 5) is 11.7. The van der Waals surface area contributed by atoms with Crippen LogP contribution in [0.15, 0.2) is 42.5 Å². The van der Waals surface area contributed by atoms with E-state index >= 15 is 0 Å². The van der Waals surface area contributed by atoms with Gasteiger partial charge in [-0.2, -0.15) is 0 Å². The monoisotopic (exact) mass is 315 g/mol. The Kier molecular flexibility index (Phi) is 4.34. The van der Waals surface area contributed by atoms with Crippen molar-refractivity contribution in [1.82, 2.24) is 0 Å². The maximum absolute atomic E-state index is 11.7. The molecule has 0 spiro atoms. The normalized spacial score (nSPS) is 16.7. The van der Waals surface area contributed by atoms with E-state index in [1.165, 1.54) is 18.2 Å². The zero-order chi connectivity index (χ0) is 15.5. The Balaban J connectivity index is 1.80. The van der Waals surface area contributed by atoms with Gasteiger partial charge in [-0.05, 0) is 60.7 Å². The second-order valence-corrected chi connectivity index (χ2v) is 6.02. The Bertz CT molecular complexity index is 699. The summed E-state index contributed by atoms with van der Waals surface area (Å²) in [6, 6.07) is 13.9. The molecule has 4 heteroatoms. The molecule has 2 aromatic rings. The van der Waals surface area contributed by atoms with Crippen molar-refractivity contribution in [2.24, 2.45) is 5.92 Å². The molecule has 1 aliphatic rings. The summed E-state index contributed by atoms with van der Waals surface area (Å²) in [5, 5.41) is 4.05. The van der Waals surface area contributed by atoms with Gasteiger partial charge in [0.05, 0.1) is 13.0 Å². The maximum atomic E-state index is 11.7. The number of carbonyl (C=O) groups excluding carboxylic acids is 1. The van der Waals surface area contributed by atoms with Gasteiger partial charge >= 0.3 is 5.97 Å². The number of benzene rings is 2. The summed E-state index contributed by atoms with van der Waals surface area (Å²) in [5.74, 6) is -0.141. The Hall–Kier alpha value is -2.00. The van der Waals surface area contributed by atoms with E-state index in [1.54, 1.807) is 0 Å². The summed E-state index contributed by atoms with van der Waals surface area (Å²) in [6.07, 6.45) is 2.53. The molecule has 1 aliphatic carbocycles. The third-order valence-electron chi connectivity index (χ3n) is 4.08. The quantitative estimate of drug-likeness (QED) is 0.855. The Morgan fingerprint density at radius 3 is 2.77 bits per heavy atom. The van der Waals surface area contributed by atoms with Crippen molar-refractivity contribution >= 4 is 28.9 Å². The van der Waals surface area contributed by atoms with E-state index in [0.717, 1.165) is 30.6 Å². The minimum absolute atomic E-state index is 0.0288. The van der Waals surface area contributed by atoms with Gasteiger partial charge in [-0.3, -0.25) is 4.79 Å². The fraction of sp³-hybridized carbons (Fsp3) is 0.278. The molecule has 1 N–H and O–H groups in total. The predicted octanol–water partition coefficient (Wildman–Crippen LogP) is 4.36. The largest absolute Gasteiger partial charge is 0.469 e. The molecule has 1 unspecified atom stereocenters. The van der Waals surface area contributed by atoms with Crippen LogP contribution < -0.4 is 5.32 Å². The van der Waals surface area contributed by atoms with Gasteiger partial charge in [0.2, 0.25) is 0 Å². The molecule has 0 aliphatic heterocycles. The molecule has 0 aromatic heterocycles. The molecular weight excluding hydrogens is 298 g/mol. The Labute approximate surface area is 135 Å². The average molecular weight is 316 g/mol. The van der Waals surface area contributed by atoms with Crippen LogP contribution in [0.1, 0.15) is 17.5 Å². The topological polar surface area (TPSA) is 38.3 Å². The number of esters is 1. The molecule has 0 heterocycles. The second-order valence-electron chi connectivity index (χ2n) is 5.58. The Morgan fingerprint density at radius 2 is 2.00 bits per heavy atom. The van der Waals surface area contributed by atoms with Crippen LogP contribution in [0.3, 0.4) is 0 Å². The van der Waals surface area contributed by atoms with Gasteiger partial charge in [-0.15, -0.1) is 0 Å². The van der Waals surface area contributed by atoms with E-state index in [2.05, 4.69) is 23.5 Å². The highest BCUT2D eigenvalue weighted by Gasteiger charge is 2.25. The molecule has 2 aromatic carbocycles. The van der Waals surface area contributed by atoms with E-state index in [1.807, 2.05) is 24.3 Å². The van der Waals surface area contributed by atoms with Crippen LogP contribution in [0.25, 0.3) is 0 Å². The molecule has 0 radical (unpaired) electrons.